The first kappa shape index (κ1) is 13.3. The molecule has 0 radical (unpaired) electrons. The fraction of sp³-hybridized carbons (Fsp3) is 0.214. The molecule has 0 aliphatic carbocycles. The van der Waals surface area contributed by atoms with Crippen molar-refractivity contribution in [2.75, 3.05) is 7.11 Å². The maximum atomic E-state index is 9.07. The summed E-state index contributed by atoms with van der Waals surface area (Å²) < 4.78 is 10.8. The highest BCUT2D eigenvalue weighted by Gasteiger charge is 2.08. The van der Waals surface area contributed by atoms with Gasteiger partial charge in [0, 0.05) is 12.3 Å². The van der Waals surface area contributed by atoms with Gasteiger partial charge in [-0.05, 0) is 29.3 Å². The van der Waals surface area contributed by atoms with Gasteiger partial charge in [-0.15, -0.1) is 0 Å². The summed E-state index contributed by atoms with van der Waals surface area (Å²) in [6.07, 6.45) is 1.56. The molecule has 19 heavy (non-hydrogen) atoms. The zero-order chi connectivity index (χ0) is 13.7. The largest absolute Gasteiger partial charge is 0.493 e. The molecule has 2 N–H and O–H groups in total. The number of nitrogens with zero attached hydrogens (tertiary/aromatic N) is 1. The van der Waals surface area contributed by atoms with Crippen LogP contribution in [0.4, 0.5) is 0 Å². The van der Waals surface area contributed by atoms with Gasteiger partial charge in [0.05, 0.1) is 20.3 Å². The summed E-state index contributed by atoms with van der Waals surface area (Å²) in [4.78, 5) is 4.06. The zero-order valence-corrected chi connectivity index (χ0v) is 10.5. The molecule has 0 aliphatic rings. The van der Waals surface area contributed by atoms with E-state index in [1.807, 2.05) is 0 Å². The van der Waals surface area contributed by atoms with Crippen LogP contribution in [0.3, 0.4) is 0 Å². The van der Waals surface area contributed by atoms with Crippen molar-refractivity contribution in [3.63, 3.8) is 0 Å². The molecule has 0 fully saturated rings. The van der Waals surface area contributed by atoms with Crippen LogP contribution in [0.2, 0.25) is 0 Å². The normalized spacial score (nSPS) is 10.3. The molecule has 0 aliphatic heterocycles. The van der Waals surface area contributed by atoms with Gasteiger partial charge >= 0.3 is 0 Å². The summed E-state index contributed by atoms with van der Waals surface area (Å²) in [6, 6.07) is 8.51. The van der Waals surface area contributed by atoms with Gasteiger partial charge in [-0.25, -0.2) is 4.98 Å². The summed E-state index contributed by atoms with van der Waals surface area (Å²) >= 11 is 0. The summed E-state index contributed by atoms with van der Waals surface area (Å²) in [5, 5.41) is 18.1. The van der Waals surface area contributed by atoms with Crippen molar-refractivity contribution < 1.29 is 19.7 Å². The van der Waals surface area contributed by atoms with Crippen LogP contribution in [0.5, 0.6) is 17.4 Å². The van der Waals surface area contributed by atoms with Crippen molar-refractivity contribution >= 4 is 0 Å². The number of hydrogen-bond acceptors (Lipinski definition) is 5. The Labute approximate surface area is 111 Å². The Bertz CT molecular complexity index is 557. The van der Waals surface area contributed by atoms with Gasteiger partial charge in [0.15, 0.2) is 11.5 Å². The van der Waals surface area contributed by atoms with Crippen LogP contribution in [-0.4, -0.2) is 22.3 Å². The van der Waals surface area contributed by atoms with Gasteiger partial charge < -0.3 is 19.7 Å². The molecule has 2 rings (SSSR count). The molecule has 0 bridgehead atoms. The second kappa shape index (κ2) is 6.17. The van der Waals surface area contributed by atoms with Gasteiger partial charge in [-0.3, -0.25) is 0 Å². The van der Waals surface area contributed by atoms with Gasteiger partial charge in [0.25, 0.3) is 0 Å². The second-order valence-corrected chi connectivity index (χ2v) is 3.91. The highest BCUT2D eigenvalue weighted by atomic mass is 16.5. The van der Waals surface area contributed by atoms with Crippen LogP contribution < -0.4 is 9.47 Å². The molecule has 0 amide bonds. The second-order valence-electron chi connectivity index (χ2n) is 3.91. The molecule has 1 aromatic heterocycles. The first-order valence-electron chi connectivity index (χ1n) is 5.78. The van der Waals surface area contributed by atoms with Crippen LogP contribution in [0.15, 0.2) is 36.5 Å². The van der Waals surface area contributed by atoms with Gasteiger partial charge in [-0.2, -0.15) is 0 Å². The lowest BCUT2D eigenvalue weighted by molar-refractivity contribution is 0.279. The van der Waals surface area contributed by atoms with Crippen LogP contribution >= 0.6 is 0 Å². The molecule has 1 heterocycles. The van der Waals surface area contributed by atoms with Crippen LogP contribution in [-0.2, 0) is 13.2 Å². The number of methoxy groups -OCH3 is 1. The van der Waals surface area contributed by atoms with Gasteiger partial charge in [0.1, 0.15) is 0 Å². The third-order valence-electron chi connectivity index (χ3n) is 2.61. The third kappa shape index (κ3) is 3.21. The van der Waals surface area contributed by atoms with Crippen LogP contribution in [0.25, 0.3) is 0 Å². The third-order valence-corrected chi connectivity index (χ3v) is 2.61. The molecule has 5 heteroatoms. The molecule has 0 unspecified atom stereocenters. The topological polar surface area (TPSA) is 71.8 Å². The van der Waals surface area contributed by atoms with Crippen molar-refractivity contribution in [3.05, 3.63) is 47.7 Å². The predicted molar refractivity (Wildman–Crippen MR) is 69.2 cm³/mol. The minimum absolute atomic E-state index is 0.0606. The minimum Gasteiger partial charge on any atom is -0.493 e. The van der Waals surface area contributed by atoms with E-state index in [1.54, 1.807) is 36.5 Å². The van der Waals surface area contributed by atoms with Crippen molar-refractivity contribution in [1.29, 1.82) is 0 Å². The van der Waals surface area contributed by atoms with E-state index in [9.17, 15) is 0 Å². The molecule has 1 aromatic carbocycles. The maximum absolute atomic E-state index is 9.07. The van der Waals surface area contributed by atoms with Crippen molar-refractivity contribution in [1.82, 2.24) is 4.98 Å². The molecule has 0 saturated carbocycles. The molecule has 5 nitrogen and oxygen atoms in total. The van der Waals surface area contributed by atoms with Crippen molar-refractivity contribution in [2.45, 2.75) is 13.2 Å². The number of pyridine rings is 1. The Hall–Kier alpha value is -2.11. The average molecular weight is 261 g/mol. The van der Waals surface area contributed by atoms with Crippen molar-refractivity contribution in [2.24, 2.45) is 0 Å². The molecule has 100 valence electrons. The summed E-state index contributed by atoms with van der Waals surface area (Å²) in [7, 11) is 1.53. The predicted octanol–water partition coefficient (Wildman–Crippen LogP) is 1.87. The quantitative estimate of drug-likeness (QED) is 0.859. The summed E-state index contributed by atoms with van der Waals surface area (Å²) in [6.45, 7) is -0.131. The number of ether oxygens (including phenoxy) is 2. The Morgan fingerprint density at radius 3 is 2.42 bits per heavy atom. The molecule has 0 spiro atoms. The average Bonchev–Trinajstić information content (AvgIpc) is 2.48. The SMILES string of the molecule is COc1cc(CO)ccc1Oc1cc(CO)ccn1. The van der Waals surface area contributed by atoms with Crippen molar-refractivity contribution in [3.8, 4) is 17.4 Å². The summed E-state index contributed by atoms with van der Waals surface area (Å²) in [5.74, 6) is 1.40. The number of aliphatic hydroxyl groups excluding tert-OH is 2. The first-order chi connectivity index (χ1) is 9.26. The number of hydrogen-bond donors (Lipinski definition) is 2. The number of aromatic nitrogens is 1. The smallest absolute Gasteiger partial charge is 0.219 e. The highest BCUT2D eigenvalue weighted by Crippen LogP contribution is 2.31. The lowest BCUT2D eigenvalue weighted by atomic mass is 10.2. The van der Waals surface area contributed by atoms with Gasteiger partial charge in [-0.1, -0.05) is 6.07 Å². The Morgan fingerprint density at radius 1 is 1.00 bits per heavy atom. The maximum Gasteiger partial charge on any atom is 0.219 e. The molecule has 0 saturated heterocycles. The molecule has 2 aromatic rings. The highest BCUT2D eigenvalue weighted by molar-refractivity contribution is 5.44. The number of benzene rings is 1. The van der Waals surface area contributed by atoms with Crippen LogP contribution in [0.1, 0.15) is 11.1 Å². The van der Waals surface area contributed by atoms with E-state index in [0.717, 1.165) is 11.1 Å². The fourth-order valence-corrected chi connectivity index (χ4v) is 1.61. The first-order valence-corrected chi connectivity index (χ1v) is 5.78. The number of aliphatic hydroxyl groups is 2. The van der Waals surface area contributed by atoms with E-state index in [0.29, 0.717) is 17.4 Å². The van der Waals surface area contributed by atoms with Crippen LogP contribution in [0, 0.1) is 0 Å². The lowest BCUT2D eigenvalue weighted by Crippen LogP contribution is -1.95. The van der Waals surface area contributed by atoms with E-state index in [1.165, 1.54) is 7.11 Å². The Morgan fingerprint density at radius 2 is 1.74 bits per heavy atom. The standard InChI is InChI=1S/C14H15NO4/c1-18-13-6-10(8-16)2-3-12(13)19-14-7-11(9-17)4-5-15-14/h2-7,16-17H,8-9H2,1H3. The van der Waals surface area contributed by atoms with Gasteiger partial charge in [0.2, 0.25) is 5.88 Å². The van der Waals surface area contributed by atoms with E-state index in [-0.39, 0.29) is 13.2 Å². The summed E-state index contributed by atoms with van der Waals surface area (Å²) in [5.41, 5.74) is 1.46. The Kier molecular flexibility index (Phi) is 4.33. The van der Waals surface area contributed by atoms with E-state index in [2.05, 4.69) is 4.98 Å². The zero-order valence-electron chi connectivity index (χ0n) is 10.5. The molecular weight excluding hydrogens is 246 g/mol. The number of rotatable bonds is 5. The Balaban J connectivity index is 2.26. The molecular formula is C14H15NO4. The monoisotopic (exact) mass is 261 g/mol. The lowest BCUT2D eigenvalue weighted by Gasteiger charge is -2.11. The minimum atomic E-state index is -0.0700. The molecule has 0 atom stereocenters. The fourth-order valence-electron chi connectivity index (χ4n) is 1.61. The van der Waals surface area contributed by atoms with E-state index in [4.69, 9.17) is 19.7 Å². The van der Waals surface area contributed by atoms with E-state index >= 15 is 0 Å². The van der Waals surface area contributed by atoms with E-state index < -0.39 is 0 Å².